The normalized spacial score (nSPS) is 14.9. The zero-order valence-electron chi connectivity index (χ0n) is 9.16. The van der Waals surface area contributed by atoms with E-state index < -0.39 is 0 Å². The summed E-state index contributed by atoms with van der Waals surface area (Å²) in [5.74, 6) is 0.920. The summed E-state index contributed by atoms with van der Waals surface area (Å²) in [6, 6.07) is 8.28. The fourth-order valence-electron chi connectivity index (χ4n) is 1.42. The van der Waals surface area contributed by atoms with Crippen LogP contribution in [0.4, 0.5) is 0 Å². The molecule has 1 rings (SSSR count). The second-order valence-corrected chi connectivity index (χ2v) is 3.95. The van der Waals surface area contributed by atoms with Crippen LogP contribution >= 0.6 is 0 Å². The molecule has 2 N–H and O–H groups in total. The van der Waals surface area contributed by atoms with Crippen LogP contribution in [0.15, 0.2) is 24.3 Å². The number of ether oxygens (including phenoxy) is 1. The highest BCUT2D eigenvalue weighted by Crippen LogP contribution is 2.14. The second kappa shape index (κ2) is 5.01. The summed E-state index contributed by atoms with van der Waals surface area (Å²) in [7, 11) is 0. The molecule has 0 saturated heterocycles. The minimum Gasteiger partial charge on any atom is -0.491 e. The lowest BCUT2D eigenvalue weighted by atomic mass is 10.2. The highest BCUT2D eigenvalue weighted by molar-refractivity contribution is 5.26. The van der Waals surface area contributed by atoms with E-state index in [1.54, 1.807) is 0 Å². The summed E-state index contributed by atoms with van der Waals surface area (Å²) in [6.45, 7) is 6.10. The molecule has 1 aromatic carbocycles. The van der Waals surface area contributed by atoms with Crippen molar-refractivity contribution in [3.8, 4) is 5.75 Å². The fraction of sp³-hybridized carbons (Fsp3) is 0.500. The van der Waals surface area contributed by atoms with Gasteiger partial charge < -0.3 is 10.5 Å². The molecule has 2 heteroatoms. The Morgan fingerprint density at radius 2 is 1.79 bits per heavy atom. The van der Waals surface area contributed by atoms with Gasteiger partial charge in [0.2, 0.25) is 0 Å². The van der Waals surface area contributed by atoms with E-state index in [0.29, 0.717) is 0 Å². The smallest absolute Gasteiger partial charge is 0.119 e. The van der Waals surface area contributed by atoms with Crippen molar-refractivity contribution in [1.82, 2.24) is 0 Å². The molecule has 0 radical (unpaired) electrons. The number of rotatable bonds is 4. The van der Waals surface area contributed by atoms with Crippen LogP contribution in [0, 0.1) is 6.92 Å². The van der Waals surface area contributed by atoms with Crippen molar-refractivity contribution in [1.29, 1.82) is 0 Å². The lowest BCUT2D eigenvalue weighted by Crippen LogP contribution is -2.24. The maximum atomic E-state index is 5.70. The van der Waals surface area contributed by atoms with Crippen molar-refractivity contribution in [2.24, 2.45) is 5.73 Å². The molecular formula is C12H19NO. The third kappa shape index (κ3) is 3.79. The highest BCUT2D eigenvalue weighted by Gasteiger charge is 2.06. The Hall–Kier alpha value is -1.02. The molecule has 0 amide bonds. The van der Waals surface area contributed by atoms with Gasteiger partial charge in [-0.05, 0) is 39.3 Å². The van der Waals surface area contributed by atoms with Gasteiger partial charge in [-0.2, -0.15) is 0 Å². The van der Waals surface area contributed by atoms with E-state index in [1.165, 1.54) is 5.56 Å². The fourth-order valence-corrected chi connectivity index (χ4v) is 1.42. The molecule has 0 aliphatic heterocycles. The largest absolute Gasteiger partial charge is 0.491 e. The minimum atomic E-state index is 0.178. The maximum absolute atomic E-state index is 5.70. The zero-order valence-corrected chi connectivity index (χ0v) is 9.16. The quantitative estimate of drug-likeness (QED) is 0.797. The molecule has 14 heavy (non-hydrogen) atoms. The SMILES string of the molecule is Cc1ccc(OC(C)CC(C)N)cc1. The van der Waals surface area contributed by atoms with Gasteiger partial charge in [-0.3, -0.25) is 0 Å². The Bertz CT molecular complexity index is 266. The Morgan fingerprint density at radius 3 is 2.29 bits per heavy atom. The predicted octanol–water partition coefficient (Wildman–Crippen LogP) is 2.50. The first-order chi connectivity index (χ1) is 6.58. The summed E-state index contributed by atoms with van der Waals surface area (Å²) < 4.78 is 5.70. The van der Waals surface area contributed by atoms with Crippen molar-refractivity contribution >= 4 is 0 Å². The minimum absolute atomic E-state index is 0.178. The van der Waals surface area contributed by atoms with Gasteiger partial charge in [-0.1, -0.05) is 17.7 Å². The van der Waals surface area contributed by atoms with Crippen LogP contribution in [-0.2, 0) is 0 Å². The lowest BCUT2D eigenvalue weighted by Gasteiger charge is -2.16. The van der Waals surface area contributed by atoms with Gasteiger partial charge in [0.25, 0.3) is 0 Å². The lowest BCUT2D eigenvalue weighted by molar-refractivity contribution is 0.203. The van der Waals surface area contributed by atoms with Gasteiger partial charge in [-0.25, -0.2) is 0 Å². The zero-order chi connectivity index (χ0) is 10.6. The molecule has 0 saturated carbocycles. The Balaban J connectivity index is 2.47. The van der Waals surface area contributed by atoms with Crippen molar-refractivity contribution in [3.05, 3.63) is 29.8 Å². The topological polar surface area (TPSA) is 35.2 Å². The average Bonchev–Trinajstić information content (AvgIpc) is 2.07. The van der Waals surface area contributed by atoms with Crippen LogP contribution in [-0.4, -0.2) is 12.1 Å². The Labute approximate surface area is 86.1 Å². The third-order valence-corrected chi connectivity index (χ3v) is 2.06. The summed E-state index contributed by atoms with van der Waals surface area (Å²) in [4.78, 5) is 0. The molecule has 0 fully saturated rings. The first kappa shape index (κ1) is 11.1. The van der Waals surface area contributed by atoms with E-state index in [1.807, 2.05) is 38.1 Å². The summed E-state index contributed by atoms with van der Waals surface area (Å²) >= 11 is 0. The highest BCUT2D eigenvalue weighted by atomic mass is 16.5. The first-order valence-corrected chi connectivity index (χ1v) is 5.07. The molecule has 2 unspecified atom stereocenters. The molecule has 0 aliphatic rings. The molecule has 0 spiro atoms. The predicted molar refractivity (Wildman–Crippen MR) is 59.5 cm³/mol. The third-order valence-electron chi connectivity index (χ3n) is 2.06. The van der Waals surface area contributed by atoms with Gasteiger partial charge in [-0.15, -0.1) is 0 Å². The maximum Gasteiger partial charge on any atom is 0.119 e. The van der Waals surface area contributed by atoms with Gasteiger partial charge in [0.05, 0.1) is 6.10 Å². The molecule has 2 nitrogen and oxygen atoms in total. The Kier molecular flexibility index (Phi) is 3.96. The van der Waals surface area contributed by atoms with Crippen LogP contribution in [0.3, 0.4) is 0 Å². The first-order valence-electron chi connectivity index (χ1n) is 5.07. The van der Waals surface area contributed by atoms with Crippen LogP contribution in [0.5, 0.6) is 5.75 Å². The number of hydrogen-bond acceptors (Lipinski definition) is 2. The number of hydrogen-bond donors (Lipinski definition) is 1. The second-order valence-electron chi connectivity index (χ2n) is 3.95. The van der Waals surface area contributed by atoms with Gasteiger partial charge in [0.1, 0.15) is 5.75 Å². The van der Waals surface area contributed by atoms with Gasteiger partial charge in [0, 0.05) is 6.04 Å². The van der Waals surface area contributed by atoms with Crippen LogP contribution in [0.25, 0.3) is 0 Å². The van der Waals surface area contributed by atoms with E-state index >= 15 is 0 Å². The van der Waals surface area contributed by atoms with E-state index in [9.17, 15) is 0 Å². The monoisotopic (exact) mass is 193 g/mol. The van der Waals surface area contributed by atoms with E-state index in [0.717, 1.165) is 12.2 Å². The molecule has 1 aromatic rings. The van der Waals surface area contributed by atoms with Crippen LogP contribution in [0.2, 0.25) is 0 Å². The molecule has 0 aliphatic carbocycles. The molecule has 78 valence electrons. The molecule has 0 aromatic heterocycles. The van der Waals surface area contributed by atoms with E-state index in [4.69, 9.17) is 10.5 Å². The number of benzene rings is 1. The molecular weight excluding hydrogens is 174 g/mol. The summed E-state index contributed by atoms with van der Waals surface area (Å²) in [5.41, 5.74) is 6.94. The summed E-state index contributed by atoms with van der Waals surface area (Å²) in [5, 5.41) is 0. The summed E-state index contributed by atoms with van der Waals surface area (Å²) in [6.07, 6.45) is 1.06. The van der Waals surface area contributed by atoms with E-state index in [-0.39, 0.29) is 12.1 Å². The molecule has 0 heterocycles. The standard InChI is InChI=1S/C12H19NO/c1-9-4-6-12(7-5-9)14-11(3)8-10(2)13/h4-7,10-11H,8,13H2,1-3H3. The number of nitrogens with two attached hydrogens (primary N) is 1. The van der Waals surface area contributed by atoms with Gasteiger partial charge in [0.15, 0.2) is 0 Å². The van der Waals surface area contributed by atoms with Crippen molar-refractivity contribution < 1.29 is 4.74 Å². The van der Waals surface area contributed by atoms with Gasteiger partial charge >= 0.3 is 0 Å². The molecule has 2 atom stereocenters. The molecule has 0 bridgehead atoms. The Morgan fingerprint density at radius 1 is 1.21 bits per heavy atom. The van der Waals surface area contributed by atoms with Crippen molar-refractivity contribution in [2.45, 2.75) is 39.3 Å². The average molecular weight is 193 g/mol. The van der Waals surface area contributed by atoms with Crippen molar-refractivity contribution in [3.63, 3.8) is 0 Å². The van der Waals surface area contributed by atoms with Crippen LogP contribution < -0.4 is 10.5 Å². The van der Waals surface area contributed by atoms with Crippen LogP contribution in [0.1, 0.15) is 25.8 Å². The van der Waals surface area contributed by atoms with Crippen molar-refractivity contribution in [2.75, 3.05) is 0 Å². The van der Waals surface area contributed by atoms with E-state index in [2.05, 4.69) is 6.92 Å². The number of aryl methyl sites for hydroxylation is 1.